The van der Waals surface area contributed by atoms with Gasteiger partial charge in [-0.2, -0.15) is 0 Å². The lowest BCUT2D eigenvalue weighted by Crippen LogP contribution is -2.42. The van der Waals surface area contributed by atoms with Crippen LogP contribution in [0.1, 0.15) is 18.4 Å². The van der Waals surface area contributed by atoms with Crippen LogP contribution < -0.4 is 4.74 Å². The van der Waals surface area contributed by atoms with Gasteiger partial charge in [0.1, 0.15) is 6.10 Å². The summed E-state index contributed by atoms with van der Waals surface area (Å²) < 4.78 is 5.74. The number of piperidine rings is 1. The molecule has 0 radical (unpaired) electrons. The van der Waals surface area contributed by atoms with E-state index in [1.165, 1.54) is 0 Å². The van der Waals surface area contributed by atoms with Gasteiger partial charge in [0.2, 0.25) is 5.91 Å². The highest BCUT2D eigenvalue weighted by molar-refractivity contribution is 5.78. The van der Waals surface area contributed by atoms with E-state index in [1.54, 1.807) is 18.5 Å². The van der Waals surface area contributed by atoms with Gasteiger partial charge in [-0.05, 0) is 11.6 Å². The van der Waals surface area contributed by atoms with E-state index in [1.807, 2.05) is 35.2 Å². The van der Waals surface area contributed by atoms with Gasteiger partial charge in [-0.15, -0.1) is 0 Å². The Morgan fingerprint density at radius 2 is 1.77 bits per heavy atom. The van der Waals surface area contributed by atoms with E-state index in [0.29, 0.717) is 12.4 Å². The molecule has 0 saturated carbocycles. The van der Waals surface area contributed by atoms with Gasteiger partial charge in [-0.25, -0.2) is 9.97 Å². The van der Waals surface area contributed by atoms with Crippen LogP contribution in [0.5, 0.6) is 6.01 Å². The zero-order valence-electron chi connectivity index (χ0n) is 12.4. The Bertz CT molecular complexity index is 596. The summed E-state index contributed by atoms with van der Waals surface area (Å²) in [7, 11) is 0. The van der Waals surface area contributed by atoms with Crippen LogP contribution in [0.15, 0.2) is 48.8 Å². The first-order valence-corrected chi connectivity index (χ1v) is 7.56. The third kappa shape index (κ3) is 3.81. The maximum absolute atomic E-state index is 12.3. The number of hydrogen-bond donors (Lipinski definition) is 0. The lowest BCUT2D eigenvalue weighted by Gasteiger charge is -2.31. The third-order valence-corrected chi connectivity index (χ3v) is 3.81. The lowest BCUT2D eigenvalue weighted by molar-refractivity contribution is -0.132. The molecule has 3 rings (SSSR count). The number of amides is 1. The molecule has 2 aromatic rings. The second-order valence-corrected chi connectivity index (χ2v) is 5.39. The summed E-state index contributed by atoms with van der Waals surface area (Å²) in [6.07, 6.45) is 5.52. The first-order valence-electron chi connectivity index (χ1n) is 7.56. The molecule has 1 amide bonds. The molecule has 1 aromatic carbocycles. The molecule has 2 heterocycles. The summed E-state index contributed by atoms with van der Waals surface area (Å²) in [5.74, 6) is 0.181. The first kappa shape index (κ1) is 14.5. The number of carbonyl (C=O) groups excluding carboxylic acids is 1. The van der Waals surface area contributed by atoms with Crippen molar-refractivity contribution >= 4 is 5.91 Å². The molecule has 22 heavy (non-hydrogen) atoms. The minimum Gasteiger partial charge on any atom is -0.460 e. The molecule has 1 aliphatic rings. The number of ether oxygens (including phenoxy) is 1. The fourth-order valence-corrected chi connectivity index (χ4v) is 2.60. The van der Waals surface area contributed by atoms with E-state index < -0.39 is 0 Å². The normalized spacial score (nSPS) is 15.5. The molecular weight excluding hydrogens is 278 g/mol. The number of likely N-dealkylation sites (tertiary alicyclic amines) is 1. The lowest BCUT2D eigenvalue weighted by atomic mass is 10.1. The third-order valence-electron chi connectivity index (χ3n) is 3.81. The fourth-order valence-electron chi connectivity index (χ4n) is 2.60. The van der Waals surface area contributed by atoms with Crippen LogP contribution in [0.3, 0.4) is 0 Å². The summed E-state index contributed by atoms with van der Waals surface area (Å²) in [5, 5.41) is 0. The van der Waals surface area contributed by atoms with Crippen LogP contribution >= 0.6 is 0 Å². The number of rotatable bonds is 4. The molecule has 5 heteroatoms. The van der Waals surface area contributed by atoms with Gasteiger partial charge < -0.3 is 9.64 Å². The summed E-state index contributed by atoms with van der Waals surface area (Å²) >= 11 is 0. The number of benzene rings is 1. The Hall–Kier alpha value is -2.43. The van der Waals surface area contributed by atoms with E-state index in [9.17, 15) is 4.79 Å². The average molecular weight is 297 g/mol. The maximum Gasteiger partial charge on any atom is 0.316 e. The van der Waals surface area contributed by atoms with Crippen LogP contribution in [0.25, 0.3) is 0 Å². The van der Waals surface area contributed by atoms with Crippen LogP contribution in [-0.4, -0.2) is 40.0 Å². The Morgan fingerprint density at radius 3 is 2.45 bits per heavy atom. The monoisotopic (exact) mass is 297 g/mol. The Balaban J connectivity index is 1.48. The molecule has 0 unspecified atom stereocenters. The molecule has 0 bridgehead atoms. The smallest absolute Gasteiger partial charge is 0.316 e. The standard InChI is InChI=1S/C17H19N3O2/c21-16(13-14-5-2-1-3-6-14)20-11-7-15(8-12-20)22-17-18-9-4-10-19-17/h1-6,9-10,15H,7-8,11-13H2. The summed E-state index contributed by atoms with van der Waals surface area (Å²) in [6, 6.07) is 12.0. The molecule has 0 atom stereocenters. The van der Waals surface area contributed by atoms with Crippen molar-refractivity contribution in [2.24, 2.45) is 0 Å². The van der Waals surface area contributed by atoms with Crippen molar-refractivity contribution in [1.29, 1.82) is 0 Å². The second kappa shape index (κ2) is 7.02. The van der Waals surface area contributed by atoms with Crippen LogP contribution in [0.2, 0.25) is 0 Å². The van der Waals surface area contributed by atoms with Crippen molar-refractivity contribution in [3.05, 3.63) is 54.4 Å². The minimum absolute atomic E-state index is 0.0863. The van der Waals surface area contributed by atoms with Gasteiger partial charge in [0.25, 0.3) is 0 Å². The quantitative estimate of drug-likeness (QED) is 0.867. The molecule has 0 N–H and O–H groups in total. The van der Waals surface area contributed by atoms with Crippen molar-refractivity contribution in [3.8, 4) is 6.01 Å². The van der Waals surface area contributed by atoms with Gasteiger partial charge in [0.05, 0.1) is 6.42 Å². The first-order chi connectivity index (χ1) is 10.8. The number of aromatic nitrogens is 2. The number of carbonyl (C=O) groups is 1. The number of nitrogens with zero attached hydrogens (tertiary/aromatic N) is 3. The zero-order chi connectivity index (χ0) is 15.2. The summed E-state index contributed by atoms with van der Waals surface area (Å²) in [4.78, 5) is 22.3. The summed E-state index contributed by atoms with van der Waals surface area (Å²) in [6.45, 7) is 1.45. The number of hydrogen-bond acceptors (Lipinski definition) is 4. The second-order valence-electron chi connectivity index (χ2n) is 5.39. The molecule has 0 aliphatic carbocycles. The van der Waals surface area contributed by atoms with Gasteiger partial charge in [-0.3, -0.25) is 4.79 Å². The van der Waals surface area contributed by atoms with E-state index in [4.69, 9.17) is 4.74 Å². The van der Waals surface area contributed by atoms with E-state index in [-0.39, 0.29) is 12.0 Å². The van der Waals surface area contributed by atoms with Crippen molar-refractivity contribution in [1.82, 2.24) is 14.9 Å². The molecule has 1 aromatic heterocycles. The summed E-state index contributed by atoms with van der Waals surface area (Å²) in [5.41, 5.74) is 1.06. The predicted molar refractivity (Wildman–Crippen MR) is 82.4 cm³/mol. The highest BCUT2D eigenvalue weighted by atomic mass is 16.5. The highest BCUT2D eigenvalue weighted by Crippen LogP contribution is 2.16. The SMILES string of the molecule is O=C(Cc1ccccc1)N1CCC(Oc2ncccn2)CC1. The minimum atomic E-state index is 0.0863. The average Bonchev–Trinajstić information content (AvgIpc) is 2.57. The van der Waals surface area contributed by atoms with E-state index in [2.05, 4.69) is 9.97 Å². The van der Waals surface area contributed by atoms with Crippen molar-refractivity contribution in [2.45, 2.75) is 25.4 Å². The topological polar surface area (TPSA) is 55.3 Å². The van der Waals surface area contributed by atoms with Gasteiger partial charge in [-0.1, -0.05) is 30.3 Å². The molecule has 0 spiro atoms. The van der Waals surface area contributed by atoms with Crippen molar-refractivity contribution < 1.29 is 9.53 Å². The Kier molecular flexibility index (Phi) is 4.63. The van der Waals surface area contributed by atoms with E-state index >= 15 is 0 Å². The molecule has 1 aliphatic heterocycles. The van der Waals surface area contributed by atoms with Crippen molar-refractivity contribution in [2.75, 3.05) is 13.1 Å². The Morgan fingerprint density at radius 1 is 1.09 bits per heavy atom. The van der Waals surface area contributed by atoms with Crippen LogP contribution in [0.4, 0.5) is 0 Å². The molecule has 114 valence electrons. The Labute approximate surface area is 130 Å². The molecule has 1 fully saturated rings. The van der Waals surface area contributed by atoms with E-state index in [0.717, 1.165) is 31.5 Å². The molecule has 1 saturated heterocycles. The van der Waals surface area contributed by atoms with Gasteiger partial charge in [0, 0.05) is 38.3 Å². The van der Waals surface area contributed by atoms with Crippen molar-refractivity contribution in [3.63, 3.8) is 0 Å². The van der Waals surface area contributed by atoms with Crippen LogP contribution in [-0.2, 0) is 11.2 Å². The predicted octanol–water partition coefficient (Wildman–Crippen LogP) is 2.09. The van der Waals surface area contributed by atoms with Gasteiger partial charge in [0.15, 0.2) is 0 Å². The fraction of sp³-hybridized carbons (Fsp3) is 0.353. The largest absolute Gasteiger partial charge is 0.460 e. The van der Waals surface area contributed by atoms with Crippen LogP contribution in [0, 0.1) is 0 Å². The maximum atomic E-state index is 12.3. The molecule has 5 nitrogen and oxygen atoms in total. The highest BCUT2D eigenvalue weighted by Gasteiger charge is 2.24. The zero-order valence-corrected chi connectivity index (χ0v) is 12.4. The van der Waals surface area contributed by atoms with Gasteiger partial charge >= 0.3 is 6.01 Å². The molecular formula is C17H19N3O2.